The van der Waals surface area contributed by atoms with Gasteiger partial charge in [-0.05, 0) is 19.4 Å². The van der Waals surface area contributed by atoms with Crippen molar-refractivity contribution in [3.63, 3.8) is 0 Å². The summed E-state index contributed by atoms with van der Waals surface area (Å²) in [7, 11) is 0. The Hall–Kier alpha value is -2.16. The lowest BCUT2D eigenvalue weighted by atomic mass is 10.1. The van der Waals surface area contributed by atoms with E-state index in [2.05, 4.69) is 20.3 Å². The first-order valence-electron chi connectivity index (χ1n) is 7.28. The summed E-state index contributed by atoms with van der Waals surface area (Å²) in [6.07, 6.45) is 0.413. The normalized spacial score (nSPS) is 21.6. The molecule has 1 fully saturated rings. The molecule has 9 heteroatoms. The Labute approximate surface area is 130 Å². The number of halogens is 3. The minimum Gasteiger partial charge on any atom is -0.368 e. The van der Waals surface area contributed by atoms with E-state index in [0.29, 0.717) is 13.0 Å². The third-order valence-corrected chi connectivity index (χ3v) is 3.70. The predicted molar refractivity (Wildman–Crippen MR) is 75.7 cm³/mol. The lowest BCUT2D eigenvalue weighted by Crippen LogP contribution is -2.27. The summed E-state index contributed by atoms with van der Waals surface area (Å²) < 4.78 is 45.8. The number of aryl methyl sites for hydroxylation is 1. The zero-order valence-corrected chi connectivity index (χ0v) is 12.4. The number of hydrogen-bond donors (Lipinski definition) is 1. The van der Waals surface area contributed by atoms with Crippen LogP contribution in [0.1, 0.15) is 31.0 Å². The van der Waals surface area contributed by atoms with Crippen molar-refractivity contribution in [2.45, 2.75) is 38.2 Å². The number of nitrogens with one attached hydrogen (secondary N) is 1. The van der Waals surface area contributed by atoms with Crippen molar-refractivity contribution >= 4 is 5.95 Å². The number of alkyl halides is 3. The second kappa shape index (κ2) is 6.15. The molecule has 1 saturated heterocycles. The Morgan fingerprint density at radius 3 is 2.91 bits per heavy atom. The molecule has 1 N–H and O–H groups in total. The van der Waals surface area contributed by atoms with E-state index in [9.17, 15) is 13.2 Å². The van der Waals surface area contributed by atoms with E-state index in [-0.39, 0.29) is 18.1 Å². The molecule has 23 heavy (non-hydrogen) atoms. The SMILES string of the molecule is CCn1ccnc1[C@H]1OCC[C@@H]1Nc1nccc(C(F)(F)F)n1. The van der Waals surface area contributed by atoms with Gasteiger partial charge in [0, 0.05) is 31.7 Å². The molecule has 0 unspecified atom stereocenters. The highest BCUT2D eigenvalue weighted by atomic mass is 19.4. The molecule has 0 aromatic carbocycles. The lowest BCUT2D eigenvalue weighted by molar-refractivity contribution is -0.141. The van der Waals surface area contributed by atoms with Crippen LogP contribution in [0.2, 0.25) is 0 Å². The molecule has 0 aliphatic carbocycles. The highest BCUT2D eigenvalue weighted by Gasteiger charge is 2.35. The number of aromatic nitrogens is 4. The van der Waals surface area contributed by atoms with Gasteiger partial charge in [-0.15, -0.1) is 0 Å². The fraction of sp³-hybridized carbons (Fsp3) is 0.500. The van der Waals surface area contributed by atoms with Crippen molar-refractivity contribution in [1.29, 1.82) is 0 Å². The summed E-state index contributed by atoms with van der Waals surface area (Å²) in [5.74, 6) is 0.685. The summed E-state index contributed by atoms with van der Waals surface area (Å²) in [5.41, 5.74) is -0.972. The van der Waals surface area contributed by atoms with E-state index in [1.165, 1.54) is 0 Å². The fourth-order valence-electron chi connectivity index (χ4n) is 2.59. The van der Waals surface area contributed by atoms with E-state index in [0.717, 1.165) is 24.6 Å². The van der Waals surface area contributed by atoms with Crippen LogP contribution in [-0.4, -0.2) is 32.2 Å². The first kappa shape index (κ1) is 15.7. The number of anilines is 1. The quantitative estimate of drug-likeness (QED) is 0.935. The molecule has 2 aromatic heterocycles. The van der Waals surface area contributed by atoms with Crippen LogP contribution in [0, 0.1) is 0 Å². The Morgan fingerprint density at radius 2 is 2.17 bits per heavy atom. The maximum atomic E-state index is 12.7. The van der Waals surface area contributed by atoms with Gasteiger partial charge in [0.15, 0.2) is 0 Å². The molecule has 0 spiro atoms. The summed E-state index contributed by atoms with van der Waals surface area (Å²) in [6.45, 7) is 3.22. The van der Waals surface area contributed by atoms with Crippen molar-refractivity contribution < 1.29 is 17.9 Å². The summed E-state index contributed by atoms with van der Waals surface area (Å²) in [5, 5.41) is 2.94. The molecule has 3 heterocycles. The molecular weight excluding hydrogens is 311 g/mol. The first-order chi connectivity index (χ1) is 11.0. The smallest absolute Gasteiger partial charge is 0.368 e. The van der Waals surface area contributed by atoms with Gasteiger partial charge >= 0.3 is 6.18 Å². The van der Waals surface area contributed by atoms with Gasteiger partial charge in [0.05, 0.1) is 6.04 Å². The van der Waals surface area contributed by atoms with Gasteiger partial charge in [-0.1, -0.05) is 0 Å². The standard InChI is InChI=1S/C14H16F3N5O/c1-2-22-7-6-18-12(22)11-9(4-8-23-11)20-13-19-5-3-10(21-13)14(15,16)17/h3,5-7,9,11H,2,4,8H2,1H3,(H,19,20,21)/t9-,11-/m0/s1. The Balaban J connectivity index is 1.79. The maximum absolute atomic E-state index is 12.7. The van der Waals surface area contributed by atoms with Gasteiger partial charge in [-0.25, -0.2) is 15.0 Å². The molecule has 0 saturated carbocycles. The van der Waals surface area contributed by atoms with E-state index >= 15 is 0 Å². The Kier molecular flexibility index (Phi) is 4.20. The molecule has 0 amide bonds. The summed E-state index contributed by atoms with van der Waals surface area (Å²) >= 11 is 0. The van der Waals surface area contributed by atoms with Crippen LogP contribution in [0.5, 0.6) is 0 Å². The average Bonchev–Trinajstić information content (AvgIpc) is 3.14. The van der Waals surface area contributed by atoms with Gasteiger partial charge in [0.2, 0.25) is 5.95 Å². The van der Waals surface area contributed by atoms with Gasteiger partial charge in [-0.2, -0.15) is 13.2 Å². The summed E-state index contributed by atoms with van der Waals surface area (Å²) in [4.78, 5) is 11.7. The molecule has 2 atom stereocenters. The van der Waals surface area contributed by atoms with Crippen molar-refractivity contribution in [1.82, 2.24) is 19.5 Å². The highest BCUT2D eigenvalue weighted by Crippen LogP contribution is 2.31. The molecule has 6 nitrogen and oxygen atoms in total. The van der Waals surface area contributed by atoms with Crippen molar-refractivity contribution in [3.8, 4) is 0 Å². The van der Waals surface area contributed by atoms with Crippen LogP contribution >= 0.6 is 0 Å². The molecule has 1 aliphatic heterocycles. The minimum absolute atomic E-state index is 0.0603. The van der Waals surface area contributed by atoms with Crippen molar-refractivity contribution in [2.75, 3.05) is 11.9 Å². The van der Waals surface area contributed by atoms with E-state index in [1.807, 2.05) is 17.7 Å². The van der Waals surface area contributed by atoms with Crippen LogP contribution in [-0.2, 0) is 17.5 Å². The van der Waals surface area contributed by atoms with Gasteiger partial charge in [0.25, 0.3) is 0 Å². The van der Waals surface area contributed by atoms with E-state index < -0.39 is 11.9 Å². The van der Waals surface area contributed by atoms with Crippen LogP contribution in [0.3, 0.4) is 0 Å². The average molecular weight is 327 g/mol. The molecular formula is C14H16F3N5O. The van der Waals surface area contributed by atoms with Gasteiger partial charge in [-0.3, -0.25) is 0 Å². The van der Waals surface area contributed by atoms with Crippen LogP contribution in [0.15, 0.2) is 24.7 Å². The second-order valence-corrected chi connectivity index (χ2v) is 5.17. The second-order valence-electron chi connectivity index (χ2n) is 5.17. The zero-order chi connectivity index (χ0) is 16.4. The van der Waals surface area contributed by atoms with Crippen molar-refractivity contribution in [2.24, 2.45) is 0 Å². The zero-order valence-electron chi connectivity index (χ0n) is 12.4. The van der Waals surface area contributed by atoms with E-state index in [4.69, 9.17) is 4.74 Å². The molecule has 3 rings (SSSR count). The predicted octanol–water partition coefficient (Wildman–Crippen LogP) is 2.65. The van der Waals surface area contributed by atoms with Crippen LogP contribution in [0.25, 0.3) is 0 Å². The minimum atomic E-state index is -4.50. The number of rotatable bonds is 4. The first-order valence-corrected chi connectivity index (χ1v) is 7.28. The van der Waals surface area contributed by atoms with Crippen LogP contribution < -0.4 is 5.32 Å². The van der Waals surface area contributed by atoms with Gasteiger partial charge < -0.3 is 14.6 Å². The van der Waals surface area contributed by atoms with Crippen LogP contribution in [0.4, 0.5) is 19.1 Å². The molecule has 0 radical (unpaired) electrons. The van der Waals surface area contributed by atoms with E-state index in [1.54, 1.807) is 6.20 Å². The molecule has 124 valence electrons. The lowest BCUT2D eigenvalue weighted by Gasteiger charge is -2.20. The molecule has 1 aliphatic rings. The molecule has 0 bridgehead atoms. The monoisotopic (exact) mass is 327 g/mol. The number of imidazole rings is 1. The number of ether oxygens (including phenoxy) is 1. The summed E-state index contributed by atoms with van der Waals surface area (Å²) in [6, 6.07) is 0.614. The largest absolute Gasteiger partial charge is 0.433 e. The topological polar surface area (TPSA) is 64.9 Å². The molecule has 2 aromatic rings. The Morgan fingerprint density at radius 1 is 1.35 bits per heavy atom. The maximum Gasteiger partial charge on any atom is 0.433 e. The van der Waals surface area contributed by atoms with Crippen molar-refractivity contribution in [3.05, 3.63) is 36.2 Å². The fourth-order valence-corrected chi connectivity index (χ4v) is 2.59. The third-order valence-electron chi connectivity index (χ3n) is 3.70. The van der Waals surface area contributed by atoms with Gasteiger partial charge in [0.1, 0.15) is 17.6 Å². The number of hydrogen-bond acceptors (Lipinski definition) is 5. The highest BCUT2D eigenvalue weighted by molar-refractivity contribution is 5.29. The third kappa shape index (κ3) is 3.29. The number of nitrogens with zero attached hydrogens (tertiary/aromatic N) is 4. The Bertz CT molecular complexity index is 672.